The minimum atomic E-state index is -1.04. The predicted molar refractivity (Wildman–Crippen MR) is 97.3 cm³/mol. The first-order valence-corrected chi connectivity index (χ1v) is 10.4. The van der Waals surface area contributed by atoms with E-state index in [0.29, 0.717) is 0 Å². The van der Waals surface area contributed by atoms with Gasteiger partial charge in [0.2, 0.25) is 0 Å². The van der Waals surface area contributed by atoms with Crippen molar-refractivity contribution in [1.29, 1.82) is 0 Å². The van der Waals surface area contributed by atoms with Gasteiger partial charge in [0, 0.05) is 5.75 Å². The normalized spacial score (nSPS) is 23.0. The van der Waals surface area contributed by atoms with Crippen molar-refractivity contribution < 1.29 is 15.3 Å². The third kappa shape index (κ3) is 12.1. The Morgan fingerprint density at radius 2 is 1.38 bits per heavy atom. The molecule has 1 saturated carbocycles. The van der Waals surface area contributed by atoms with Gasteiger partial charge < -0.3 is 15.3 Å². The van der Waals surface area contributed by atoms with Crippen LogP contribution in [0.5, 0.6) is 0 Å². The molecule has 0 spiro atoms. The maximum Gasteiger partial charge on any atom is 0.0891 e. The summed E-state index contributed by atoms with van der Waals surface area (Å²) in [6.45, 7) is 11.4. The van der Waals surface area contributed by atoms with Crippen molar-refractivity contribution in [3.05, 3.63) is 12.8 Å². The summed E-state index contributed by atoms with van der Waals surface area (Å²) in [5.74, 6) is 2.76. The Hall–Kier alpha value is -0.190. The minimum Gasteiger partial charge on any atom is -0.516 e. The lowest BCUT2D eigenvalue weighted by Crippen LogP contribution is -2.29. The molecule has 1 aliphatic rings. The van der Waals surface area contributed by atoms with Gasteiger partial charge in [0.25, 0.3) is 0 Å². The van der Waals surface area contributed by atoms with Gasteiger partial charge in [-0.05, 0) is 38.2 Å². The summed E-state index contributed by atoms with van der Waals surface area (Å²) in [6.07, 6.45) is 10.7. The van der Waals surface area contributed by atoms with E-state index < -0.39 is 15.0 Å². The molecule has 0 aromatic carbocycles. The molecule has 0 aliphatic heterocycles. The van der Waals surface area contributed by atoms with Crippen LogP contribution in [0.4, 0.5) is 0 Å². The van der Waals surface area contributed by atoms with E-state index in [9.17, 15) is 5.11 Å². The van der Waals surface area contributed by atoms with Crippen molar-refractivity contribution in [2.75, 3.05) is 24.9 Å². The molecule has 0 aromatic rings. The highest BCUT2D eigenvalue weighted by Crippen LogP contribution is 2.50. The third-order valence-corrected chi connectivity index (χ3v) is 8.17. The average molecular weight is 323 g/mol. The van der Waals surface area contributed by atoms with E-state index in [1.165, 1.54) is 25.7 Å². The molecule has 1 aliphatic carbocycles. The zero-order chi connectivity index (χ0) is 17.1. The van der Waals surface area contributed by atoms with E-state index in [4.69, 9.17) is 10.2 Å². The van der Waals surface area contributed by atoms with E-state index in [1.54, 1.807) is 13.8 Å². The van der Waals surface area contributed by atoms with Gasteiger partial charge in [-0.3, -0.25) is 0 Å². The van der Waals surface area contributed by atoms with E-state index in [1.807, 2.05) is 12.5 Å². The first kappa shape index (κ1) is 23.1. The third-order valence-electron chi connectivity index (χ3n) is 4.26. The molecule has 0 bridgehead atoms. The largest absolute Gasteiger partial charge is 0.516 e. The van der Waals surface area contributed by atoms with Gasteiger partial charge >= 0.3 is 0 Å². The first-order valence-electron chi connectivity index (χ1n) is 7.80. The molecule has 0 unspecified atom stereocenters. The number of aliphatic hydroxyl groups is 3. The van der Waals surface area contributed by atoms with Gasteiger partial charge in [-0.1, -0.05) is 46.1 Å². The fraction of sp³-hybridized carbons (Fsp3) is 0.882. The molecule has 0 amide bonds. The Morgan fingerprint density at radius 3 is 1.52 bits per heavy atom. The Labute approximate surface area is 133 Å². The van der Waals surface area contributed by atoms with E-state index in [-0.39, 0.29) is 6.61 Å². The molecule has 21 heavy (non-hydrogen) atoms. The molecule has 1 fully saturated rings. The molecular formula is C17H38O3S. The molecule has 0 radical (unpaired) electrons. The Balaban J connectivity index is 0. The zero-order valence-electron chi connectivity index (χ0n) is 14.9. The second-order valence-corrected chi connectivity index (χ2v) is 11.4. The van der Waals surface area contributed by atoms with Crippen molar-refractivity contribution in [2.24, 2.45) is 11.8 Å². The maximum absolute atomic E-state index is 9.60. The van der Waals surface area contributed by atoms with Crippen LogP contribution in [0.15, 0.2) is 12.8 Å². The Morgan fingerprint density at radius 1 is 1.10 bits per heavy atom. The molecule has 0 saturated heterocycles. The minimum absolute atomic E-state index is 0.173. The van der Waals surface area contributed by atoms with Gasteiger partial charge in [-0.15, -0.1) is 0 Å². The number of hydrogen-bond acceptors (Lipinski definition) is 3. The summed E-state index contributed by atoms with van der Waals surface area (Å²) in [5, 5.41) is 25.6. The monoisotopic (exact) mass is 322 g/mol. The van der Waals surface area contributed by atoms with Crippen molar-refractivity contribution >= 4 is 10.0 Å². The van der Waals surface area contributed by atoms with Crippen LogP contribution >= 0.6 is 10.0 Å². The molecule has 1 rings (SSSR count). The van der Waals surface area contributed by atoms with Crippen molar-refractivity contribution in [2.45, 2.75) is 58.3 Å². The van der Waals surface area contributed by atoms with Gasteiger partial charge in [0.15, 0.2) is 0 Å². The van der Waals surface area contributed by atoms with Crippen LogP contribution in [0.3, 0.4) is 0 Å². The Kier molecular flexibility index (Phi) is 12.5. The van der Waals surface area contributed by atoms with Gasteiger partial charge in [0.1, 0.15) is 0 Å². The van der Waals surface area contributed by atoms with Crippen LogP contribution in [0.1, 0.15) is 53.4 Å². The molecule has 3 nitrogen and oxygen atoms in total. The molecule has 0 atom stereocenters. The molecule has 0 heterocycles. The van der Waals surface area contributed by atoms with E-state index in [0.717, 1.165) is 23.9 Å². The first-order chi connectivity index (χ1) is 9.51. The summed E-state index contributed by atoms with van der Waals surface area (Å²) in [5.41, 5.74) is 0. The van der Waals surface area contributed by atoms with E-state index in [2.05, 4.69) is 20.4 Å². The molecule has 0 aromatic heterocycles. The summed E-state index contributed by atoms with van der Waals surface area (Å²) in [7, 11) is -1.04. The van der Waals surface area contributed by atoms with E-state index >= 15 is 0 Å². The second-order valence-electron chi connectivity index (χ2n) is 6.96. The van der Waals surface area contributed by atoms with Crippen LogP contribution in [-0.4, -0.2) is 45.1 Å². The molecule has 3 N–H and O–H groups in total. The highest BCUT2D eigenvalue weighted by molar-refractivity contribution is 8.33. The van der Waals surface area contributed by atoms with Crippen LogP contribution in [0.25, 0.3) is 0 Å². The summed E-state index contributed by atoms with van der Waals surface area (Å²) >= 11 is 0. The number of hydrogen-bond donors (Lipinski definition) is 3. The SMILES string of the molecule is C=CO.CC(C)(O)S(C)(C)CCO.CC1CCC(C)CC1. The van der Waals surface area contributed by atoms with Crippen LogP contribution in [-0.2, 0) is 0 Å². The quantitative estimate of drug-likeness (QED) is 0.679. The smallest absolute Gasteiger partial charge is 0.0891 e. The fourth-order valence-electron chi connectivity index (χ4n) is 1.90. The second kappa shape index (κ2) is 11.4. The summed E-state index contributed by atoms with van der Waals surface area (Å²) in [4.78, 5) is -0.629. The molecule has 130 valence electrons. The van der Waals surface area contributed by atoms with Crippen molar-refractivity contribution in [1.82, 2.24) is 0 Å². The van der Waals surface area contributed by atoms with Crippen molar-refractivity contribution in [3.63, 3.8) is 0 Å². The summed E-state index contributed by atoms with van der Waals surface area (Å²) in [6, 6.07) is 0. The molecular weight excluding hydrogens is 284 g/mol. The topological polar surface area (TPSA) is 60.7 Å². The lowest BCUT2D eigenvalue weighted by Gasteiger charge is -2.42. The average Bonchev–Trinajstić information content (AvgIpc) is 2.33. The highest BCUT2D eigenvalue weighted by atomic mass is 32.3. The lowest BCUT2D eigenvalue weighted by molar-refractivity contribution is 0.173. The fourth-order valence-corrected chi connectivity index (χ4v) is 2.86. The number of rotatable bonds is 3. The zero-order valence-corrected chi connectivity index (χ0v) is 15.7. The van der Waals surface area contributed by atoms with Gasteiger partial charge in [0.05, 0.1) is 17.8 Å². The molecule has 4 heteroatoms. The van der Waals surface area contributed by atoms with Crippen LogP contribution in [0.2, 0.25) is 0 Å². The van der Waals surface area contributed by atoms with Gasteiger partial charge in [-0.25, -0.2) is 10.0 Å². The Bertz CT molecular complexity index is 241. The standard InChI is InChI=1S/C8H16.C7H18O2S.C2H4O/c1-7-3-5-8(2)6-4-7;1-7(2,9)10(3,4)6-5-8;1-2-3/h7-8H,3-6H2,1-2H3;8-9H,5-6H2,1-4H3;2-3H,1H2. The van der Waals surface area contributed by atoms with Crippen LogP contribution < -0.4 is 0 Å². The predicted octanol–water partition coefficient (Wildman–Crippen LogP) is 4.29. The number of aliphatic hydroxyl groups excluding tert-OH is 2. The maximum atomic E-state index is 9.60. The lowest BCUT2D eigenvalue weighted by atomic mass is 9.84. The van der Waals surface area contributed by atoms with Crippen LogP contribution in [0, 0.1) is 11.8 Å². The van der Waals surface area contributed by atoms with Gasteiger partial charge in [-0.2, -0.15) is 0 Å². The summed E-state index contributed by atoms with van der Waals surface area (Å²) < 4.78 is 0. The highest BCUT2D eigenvalue weighted by Gasteiger charge is 2.28. The van der Waals surface area contributed by atoms with Crippen molar-refractivity contribution in [3.8, 4) is 0 Å².